The van der Waals surface area contributed by atoms with Crippen LogP contribution < -0.4 is 0 Å². The van der Waals surface area contributed by atoms with E-state index in [0.717, 1.165) is 17.7 Å². The quantitative estimate of drug-likeness (QED) is 0.731. The second kappa shape index (κ2) is 6.91. The maximum atomic E-state index is 13.6. The Morgan fingerprint density at radius 3 is 2.44 bits per heavy atom. The highest BCUT2D eigenvalue weighted by Crippen LogP contribution is 2.31. The van der Waals surface area contributed by atoms with Crippen LogP contribution in [0.5, 0.6) is 5.75 Å². The fourth-order valence-corrected chi connectivity index (χ4v) is 3.55. The summed E-state index contributed by atoms with van der Waals surface area (Å²) in [6, 6.07) is 15.2. The van der Waals surface area contributed by atoms with Gasteiger partial charge < -0.3 is 5.11 Å². The molecule has 1 heterocycles. The average molecular weight is 365 g/mol. The third kappa shape index (κ3) is 3.33. The first-order valence-corrected chi connectivity index (χ1v) is 8.79. The first-order valence-electron chi connectivity index (χ1n) is 8.79. The number of phenols is 1. The smallest absolute Gasteiger partial charge is 0.187 e. The van der Waals surface area contributed by atoms with Crippen molar-refractivity contribution in [2.45, 2.75) is 19.3 Å². The van der Waals surface area contributed by atoms with Gasteiger partial charge in [-0.1, -0.05) is 30.3 Å². The molecule has 0 bridgehead atoms. The number of ketones is 1. The molecule has 27 heavy (non-hydrogen) atoms. The minimum atomic E-state index is -1.04. The maximum absolute atomic E-state index is 13.6. The third-order valence-corrected chi connectivity index (χ3v) is 4.98. The number of Topliss-reactive ketones (excluding diaryl/α,β-unsaturated/α-hetero) is 1. The average Bonchev–Trinajstić information content (AvgIpc) is 2.68. The molecule has 1 unspecified atom stereocenters. The van der Waals surface area contributed by atoms with Crippen molar-refractivity contribution >= 4 is 5.78 Å². The van der Waals surface area contributed by atoms with Crippen molar-refractivity contribution in [2.24, 2.45) is 5.92 Å². The van der Waals surface area contributed by atoms with Gasteiger partial charge in [-0.3, -0.25) is 9.78 Å². The Hall–Kier alpha value is -3.08. The van der Waals surface area contributed by atoms with Gasteiger partial charge in [-0.05, 0) is 49.1 Å². The largest absolute Gasteiger partial charge is 0.503 e. The van der Waals surface area contributed by atoms with Crippen LogP contribution in [0.15, 0.2) is 54.6 Å². The number of rotatable bonds is 3. The van der Waals surface area contributed by atoms with Crippen LogP contribution in [0.3, 0.4) is 0 Å². The molecule has 3 nitrogen and oxygen atoms in total. The van der Waals surface area contributed by atoms with Crippen LogP contribution in [-0.2, 0) is 12.8 Å². The number of pyridine rings is 1. The molecule has 5 heteroatoms. The van der Waals surface area contributed by atoms with Gasteiger partial charge in [0.2, 0.25) is 0 Å². The van der Waals surface area contributed by atoms with Gasteiger partial charge in [-0.15, -0.1) is 0 Å². The van der Waals surface area contributed by atoms with Crippen molar-refractivity contribution in [2.75, 3.05) is 0 Å². The molecule has 0 aliphatic heterocycles. The van der Waals surface area contributed by atoms with E-state index in [0.29, 0.717) is 36.2 Å². The molecule has 1 N–H and O–H groups in total. The Labute approximate surface area is 155 Å². The summed E-state index contributed by atoms with van der Waals surface area (Å²) >= 11 is 0. The van der Waals surface area contributed by atoms with Gasteiger partial charge in [0.15, 0.2) is 23.2 Å². The molecular formula is C22H17F2NO2. The van der Waals surface area contributed by atoms with Crippen LogP contribution in [0.25, 0.3) is 11.3 Å². The number of phenolic OH excluding ortho intramolecular Hbond substituents is 1. The lowest BCUT2D eigenvalue weighted by Gasteiger charge is -2.23. The second-order valence-electron chi connectivity index (χ2n) is 6.77. The molecule has 0 fully saturated rings. The Morgan fingerprint density at radius 1 is 1.04 bits per heavy atom. The number of hydrogen-bond acceptors (Lipinski definition) is 3. The van der Waals surface area contributed by atoms with Crippen LogP contribution in [-0.4, -0.2) is 15.9 Å². The topological polar surface area (TPSA) is 50.2 Å². The van der Waals surface area contributed by atoms with Crippen LogP contribution in [0.2, 0.25) is 0 Å². The summed E-state index contributed by atoms with van der Waals surface area (Å²) in [6.07, 6.45) is 2.01. The van der Waals surface area contributed by atoms with Crippen molar-refractivity contribution in [3.8, 4) is 17.0 Å². The van der Waals surface area contributed by atoms with Gasteiger partial charge in [-0.2, -0.15) is 0 Å². The lowest BCUT2D eigenvalue weighted by molar-refractivity contribution is 0.0900. The number of aromatic hydroxyl groups is 1. The van der Waals surface area contributed by atoms with Crippen LogP contribution in [0.4, 0.5) is 8.78 Å². The van der Waals surface area contributed by atoms with Crippen molar-refractivity contribution in [1.29, 1.82) is 0 Å². The van der Waals surface area contributed by atoms with E-state index in [-0.39, 0.29) is 17.3 Å². The van der Waals surface area contributed by atoms with Gasteiger partial charge in [0.25, 0.3) is 0 Å². The molecule has 0 radical (unpaired) electrons. The number of hydrogen-bond donors (Lipinski definition) is 1. The number of nitrogens with zero attached hydrogens (tertiary/aromatic N) is 1. The zero-order valence-corrected chi connectivity index (χ0v) is 14.5. The zero-order chi connectivity index (χ0) is 19.0. The molecule has 2 aromatic carbocycles. The van der Waals surface area contributed by atoms with E-state index in [1.165, 1.54) is 0 Å². The summed E-state index contributed by atoms with van der Waals surface area (Å²) in [6.45, 7) is 0. The van der Waals surface area contributed by atoms with Crippen molar-refractivity contribution in [1.82, 2.24) is 4.98 Å². The fraction of sp³-hybridized carbons (Fsp3) is 0.182. The summed E-state index contributed by atoms with van der Waals surface area (Å²) in [7, 11) is 0. The SMILES string of the molecule is O=C1c2ccc(-c3cc(F)c(O)c(F)c3)nc2CCC1Cc1ccccc1. The summed E-state index contributed by atoms with van der Waals surface area (Å²) in [5, 5.41) is 9.24. The Morgan fingerprint density at radius 2 is 1.74 bits per heavy atom. The molecule has 3 aromatic rings. The van der Waals surface area contributed by atoms with Crippen LogP contribution >= 0.6 is 0 Å². The first kappa shape index (κ1) is 17.3. The molecule has 1 aromatic heterocycles. The predicted octanol–water partition coefficient (Wildman–Crippen LogP) is 4.72. The molecular weight excluding hydrogens is 348 g/mol. The molecule has 1 atom stereocenters. The number of aryl methyl sites for hydroxylation is 1. The third-order valence-electron chi connectivity index (χ3n) is 4.98. The summed E-state index contributed by atoms with van der Waals surface area (Å²) in [5.74, 6) is -3.11. The van der Waals surface area contributed by atoms with E-state index in [9.17, 15) is 18.7 Å². The summed E-state index contributed by atoms with van der Waals surface area (Å²) in [4.78, 5) is 17.3. The van der Waals surface area contributed by atoms with Gasteiger partial charge >= 0.3 is 0 Å². The number of carbonyl (C=O) groups excluding carboxylic acids is 1. The minimum absolute atomic E-state index is 0.0576. The molecule has 4 rings (SSSR count). The fourth-order valence-electron chi connectivity index (χ4n) is 3.55. The lowest BCUT2D eigenvalue weighted by atomic mass is 9.81. The summed E-state index contributed by atoms with van der Waals surface area (Å²) in [5.41, 5.74) is 2.95. The van der Waals surface area contributed by atoms with Crippen LogP contribution in [0, 0.1) is 17.6 Å². The number of aromatic nitrogens is 1. The summed E-state index contributed by atoms with van der Waals surface area (Å²) < 4.78 is 27.2. The predicted molar refractivity (Wildman–Crippen MR) is 97.5 cm³/mol. The highest BCUT2D eigenvalue weighted by Gasteiger charge is 2.28. The standard InChI is InChI=1S/C22H17F2NO2/c23-17-11-15(12-18(24)22(17)27)19-9-7-16-20(25-19)8-6-14(21(16)26)10-13-4-2-1-3-5-13/h1-5,7,9,11-12,14,27H,6,8,10H2. The van der Waals surface area contributed by atoms with Gasteiger partial charge in [-0.25, -0.2) is 8.78 Å². The van der Waals surface area contributed by atoms with Crippen LogP contribution in [0.1, 0.15) is 28.0 Å². The molecule has 0 amide bonds. The van der Waals surface area contributed by atoms with Crippen molar-refractivity contribution in [3.05, 3.63) is 83.1 Å². The Balaban J connectivity index is 1.62. The number of carbonyl (C=O) groups is 1. The maximum Gasteiger partial charge on any atom is 0.187 e. The van der Waals surface area contributed by atoms with Gasteiger partial charge in [0.05, 0.1) is 11.4 Å². The first-order chi connectivity index (χ1) is 13.0. The van der Waals surface area contributed by atoms with E-state index < -0.39 is 17.4 Å². The van der Waals surface area contributed by atoms with E-state index in [1.54, 1.807) is 12.1 Å². The normalized spacial score (nSPS) is 16.2. The Kier molecular flexibility index (Phi) is 4.44. The number of fused-ring (bicyclic) bond motifs is 1. The molecule has 1 aliphatic carbocycles. The minimum Gasteiger partial charge on any atom is -0.503 e. The van der Waals surface area contributed by atoms with Crippen molar-refractivity contribution < 1.29 is 18.7 Å². The highest BCUT2D eigenvalue weighted by molar-refractivity contribution is 6.00. The second-order valence-corrected chi connectivity index (χ2v) is 6.77. The molecule has 0 saturated heterocycles. The number of halogens is 2. The molecule has 1 aliphatic rings. The lowest BCUT2D eigenvalue weighted by Crippen LogP contribution is -2.25. The molecule has 136 valence electrons. The van der Waals surface area contributed by atoms with Crippen molar-refractivity contribution in [3.63, 3.8) is 0 Å². The molecule has 0 spiro atoms. The highest BCUT2D eigenvalue weighted by atomic mass is 19.1. The van der Waals surface area contributed by atoms with Gasteiger partial charge in [0.1, 0.15) is 0 Å². The Bertz CT molecular complexity index is 995. The van der Waals surface area contributed by atoms with E-state index in [2.05, 4.69) is 4.98 Å². The van der Waals surface area contributed by atoms with E-state index in [4.69, 9.17) is 0 Å². The van der Waals surface area contributed by atoms with Gasteiger partial charge in [0, 0.05) is 17.0 Å². The van der Waals surface area contributed by atoms with E-state index >= 15 is 0 Å². The monoisotopic (exact) mass is 365 g/mol. The van der Waals surface area contributed by atoms with E-state index in [1.807, 2.05) is 30.3 Å². The molecule has 0 saturated carbocycles. The number of benzene rings is 2. The zero-order valence-electron chi connectivity index (χ0n) is 14.5.